The van der Waals surface area contributed by atoms with E-state index in [9.17, 15) is 13.2 Å². The predicted molar refractivity (Wildman–Crippen MR) is 115 cm³/mol. The van der Waals surface area contributed by atoms with Crippen molar-refractivity contribution < 1.29 is 13.2 Å². The van der Waals surface area contributed by atoms with E-state index in [4.69, 9.17) is 0 Å². The molecule has 3 heterocycles. The molecule has 1 aliphatic heterocycles. The van der Waals surface area contributed by atoms with Crippen LogP contribution in [0.4, 0.5) is 0 Å². The smallest absolute Gasteiger partial charge is 0.272 e. The zero-order chi connectivity index (χ0) is 21.1. The number of benzene rings is 1. The van der Waals surface area contributed by atoms with Crippen molar-refractivity contribution in [1.29, 1.82) is 0 Å². The van der Waals surface area contributed by atoms with Crippen LogP contribution in [0.5, 0.6) is 0 Å². The van der Waals surface area contributed by atoms with Crippen molar-refractivity contribution in [3.05, 3.63) is 65.5 Å². The van der Waals surface area contributed by atoms with E-state index in [0.717, 1.165) is 31.5 Å². The first kappa shape index (κ1) is 20.6. The summed E-state index contributed by atoms with van der Waals surface area (Å²) in [6.07, 6.45) is 6.55. The molecule has 30 heavy (non-hydrogen) atoms. The maximum absolute atomic E-state index is 12.7. The Labute approximate surface area is 176 Å². The van der Waals surface area contributed by atoms with E-state index in [1.54, 1.807) is 24.4 Å². The number of piperidine rings is 1. The topological polar surface area (TPSA) is 83.8 Å². The average Bonchev–Trinajstić information content (AvgIpc) is 3.14. The number of sulfone groups is 1. The van der Waals surface area contributed by atoms with Gasteiger partial charge in [-0.25, -0.2) is 13.4 Å². The maximum Gasteiger partial charge on any atom is 0.272 e. The number of fused-ring (bicyclic) bond motifs is 1. The van der Waals surface area contributed by atoms with Gasteiger partial charge in [0.05, 0.1) is 5.52 Å². The van der Waals surface area contributed by atoms with Crippen LogP contribution in [0, 0.1) is 0 Å². The number of pyridine rings is 1. The van der Waals surface area contributed by atoms with Crippen molar-refractivity contribution in [2.45, 2.75) is 37.5 Å². The van der Waals surface area contributed by atoms with E-state index >= 15 is 0 Å². The van der Waals surface area contributed by atoms with Gasteiger partial charge in [0, 0.05) is 25.5 Å². The third-order valence-corrected chi connectivity index (χ3v) is 6.34. The average molecular weight is 427 g/mol. The van der Waals surface area contributed by atoms with Crippen LogP contribution in [0.3, 0.4) is 0 Å². The van der Waals surface area contributed by atoms with Gasteiger partial charge in [-0.05, 0) is 49.2 Å². The highest BCUT2D eigenvalue weighted by Gasteiger charge is 2.22. The van der Waals surface area contributed by atoms with Crippen molar-refractivity contribution in [1.82, 2.24) is 19.6 Å². The molecule has 2 aromatic heterocycles. The third-order valence-electron chi connectivity index (χ3n) is 5.39. The number of likely N-dealkylation sites (tertiary alicyclic amines) is 1. The lowest BCUT2D eigenvalue weighted by molar-refractivity contribution is 0.0947. The SMILES string of the molecule is CS(=O)(=O)c1nc(C(=O)NCc2ccc(CN3CCCCC3)cc2)c2ccccn12. The van der Waals surface area contributed by atoms with Crippen LogP contribution in [0.15, 0.2) is 53.8 Å². The van der Waals surface area contributed by atoms with Crippen molar-refractivity contribution in [2.75, 3.05) is 19.3 Å². The Morgan fingerprint density at radius 2 is 1.73 bits per heavy atom. The summed E-state index contributed by atoms with van der Waals surface area (Å²) in [4.78, 5) is 19.3. The summed E-state index contributed by atoms with van der Waals surface area (Å²) in [5.41, 5.74) is 2.83. The fourth-order valence-corrected chi connectivity index (χ4v) is 4.62. The molecule has 4 rings (SSSR count). The molecule has 0 spiro atoms. The van der Waals surface area contributed by atoms with Gasteiger partial charge in [0.2, 0.25) is 15.0 Å². The summed E-state index contributed by atoms with van der Waals surface area (Å²) in [6.45, 7) is 3.63. The van der Waals surface area contributed by atoms with E-state index in [1.807, 2.05) is 12.1 Å². The maximum atomic E-state index is 12.7. The molecule has 3 aromatic rings. The summed E-state index contributed by atoms with van der Waals surface area (Å²) in [7, 11) is -3.56. The van der Waals surface area contributed by atoms with Gasteiger partial charge in [-0.2, -0.15) is 0 Å². The van der Waals surface area contributed by atoms with Crippen molar-refractivity contribution in [3.63, 3.8) is 0 Å². The number of carbonyl (C=O) groups is 1. The van der Waals surface area contributed by atoms with Crippen LogP contribution in [-0.2, 0) is 22.9 Å². The van der Waals surface area contributed by atoms with Crippen molar-refractivity contribution >= 4 is 21.3 Å². The minimum Gasteiger partial charge on any atom is -0.347 e. The Balaban J connectivity index is 1.44. The highest BCUT2D eigenvalue weighted by molar-refractivity contribution is 7.90. The number of amides is 1. The largest absolute Gasteiger partial charge is 0.347 e. The molecular formula is C22H26N4O3S. The van der Waals surface area contributed by atoms with Gasteiger partial charge in [0.15, 0.2) is 5.69 Å². The molecule has 158 valence electrons. The standard InChI is InChI=1S/C22H26N4O3S/c1-30(28,29)22-24-20(19-7-3-6-14-26(19)22)21(27)23-15-17-8-10-18(11-9-17)16-25-12-4-2-5-13-25/h3,6-11,14H,2,4-5,12-13,15-16H2,1H3,(H,23,27). The van der Waals surface area contributed by atoms with E-state index in [0.29, 0.717) is 12.1 Å². The molecular weight excluding hydrogens is 400 g/mol. The summed E-state index contributed by atoms with van der Waals surface area (Å²) >= 11 is 0. The minimum atomic E-state index is -3.56. The molecule has 7 nitrogen and oxygen atoms in total. The van der Waals surface area contributed by atoms with E-state index in [1.165, 1.54) is 29.2 Å². The molecule has 1 aliphatic rings. The zero-order valence-electron chi connectivity index (χ0n) is 17.0. The number of hydrogen-bond donors (Lipinski definition) is 1. The molecule has 0 radical (unpaired) electrons. The summed E-state index contributed by atoms with van der Waals surface area (Å²) < 4.78 is 25.5. The summed E-state index contributed by atoms with van der Waals surface area (Å²) in [5, 5.41) is 2.72. The van der Waals surface area contributed by atoms with Crippen LogP contribution in [0.1, 0.15) is 40.9 Å². The number of carbonyl (C=O) groups excluding carboxylic acids is 1. The first-order chi connectivity index (χ1) is 14.4. The molecule has 1 aromatic carbocycles. The van der Waals surface area contributed by atoms with Crippen LogP contribution in [-0.4, -0.2) is 48.0 Å². The van der Waals surface area contributed by atoms with Gasteiger partial charge in [-0.1, -0.05) is 36.8 Å². The van der Waals surface area contributed by atoms with Crippen LogP contribution < -0.4 is 5.32 Å². The van der Waals surface area contributed by atoms with Gasteiger partial charge < -0.3 is 5.32 Å². The Bertz CT molecular complexity index is 1150. The second-order valence-electron chi connectivity index (χ2n) is 7.81. The first-order valence-electron chi connectivity index (χ1n) is 10.2. The molecule has 0 unspecified atom stereocenters. The molecule has 0 bridgehead atoms. The van der Waals surface area contributed by atoms with Crippen LogP contribution >= 0.6 is 0 Å². The Hall–Kier alpha value is -2.71. The van der Waals surface area contributed by atoms with Gasteiger partial charge in [0.1, 0.15) is 0 Å². The quantitative estimate of drug-likeness (QED) is 0.655. The van der Waals surface area contributed by atoms with Gasteiger partial charge in [-0.3, -0.25) is 14.1 Å². The molecule has 0 aliphatic carbocycles. The Kier molecular flexibility index (Phi) is 5.87. The fraction of sp³-hybridized carbons (Fsp3) is 0.364. The van der Waals surface area contributed by atoms with Crippen LogP contribution in [0.25, 0.3) is 5.52 Å². The molecule has 0 saturated carbocycles. The van der Waals surface area contributed by atoms with Crippen molar-refractivity contribution in [2.24, 2.45) is 0 Å². The van der Waals surface area contributed by atoms with Gasteiger partial charge >= 0.3 is 0 Å². The number of imidazole rings is 1. The number of hydrogen-bond acceptors (Lipinski definition) is 5. The third kappa shape index (κ3) is 4.55. The van der Waals surface area contributed by atoms with Crippen LogP contribution in [0.2, 0.25) is 0 Å². The van der Waals surface area contributed by atoms with E-state index in [-0.39, 0.29) is 10.9 Å². The van der Waals surface area contributed by atoms with Crippen molar-refractivity contribution in [3.8, 4) is 0 Å². The number of rotatable bonds is 6. The van der Waals surface area contributed by atoms with Gasteiger partial charge in [-0.15, -0.1) is 0 Å². The molecule has 1 amide bonds. The molecule has 1 fully saturated rings. The second-order valence-corrected chi connectivity index (χ2v) is 9.72. The zero-order valence-corrected chi connectivity index (χ0v) is 17.9. The van der Waals surface area contributed by atoms with E-state index < -0.39 is 15.7 Å². The fourth-order valence-electron chi connectivity index (χ4n) is 3.84. The lowest BCUT2D eigenvalue weighted by Gasteiger charge is -2.26. The lowest BCUT2D eigenvalue weighted by atomic mass is 10.1. The first-order valence-corrected chi connectivity index (χ1v) is 12.1. The Morgan fingerprint density at radius 1 is 1.03 bits per heavy atom. The number of nitrogens with one attached hydrogen (secondary N) is 1. The molecule has 1 saturated heterocycles. The summed E-state index contributed by atoms with van der Waals surface area (Å²) in [5.74, 6) is -0.397. The number of aromatic nitrogens is 2. The predicted octanol–water partition coefficient (Wildman–Crippen LogP) is 2.65. The monoisotopic (exact) mass is 426 g/mol. The number of nitrogens with zero attached hydrogens (tertiary/aromatic N) is 3. The normalized spacial score (nSPS) is 15.4. The Morgan fingerprint density at radius 3 is 2.43 bits per heavy atom. The molecule has 8 heteroatoms. The summed E-state index contributed by atoms with van der Waals surface area (Å²) in [6, 6.07) is 13.4. The molecule has 1 N–H and O–H groups in total. The lowest BCUT2D eigenvalue weighted by Crippen LogP contribution is -2.29. The minimum absolute atomic E-state index is 0.109. The van der Waals surface area contributed by atoms with E-state index in [2.05, 4.69) is 27.3 Å². The van der Waals surface area contributed by atoms with Gasteiger partial charge in [0.25, 0.3) is 5.91 Å². The highest BCUT2D eigenvalue weighted by atomic mass is 32.2. The second kappa shape index (κ2) is 8.57. The molecule has 0 atom stereocenters. The highest BCUT2D eigenvalue weighted by Crippen LogP contribution is 2.17.